The summed E-state index contributed by atoms with van der Waals surface area (Å²) in [6.07, 6.45) is 5.41. The minimum atomic E-state index is 0.111. The van der Waals surface area contributed by atoms with Gasteiger partial charge < -0.3 is 0 Å². The summed E-state index contributed by atoms with van der Waals surface area (Å²) >= 11 is 0. The van der Waals surface area contributed by atoms with Crippen molar-refractivity contribution >= 4 is 17.1 Å². The number of nitrogens with zero attached hydrogens (tertiary/aromatic N) is 2. The number of allylic oxidation sites excluding steroid dienone is 1. The van der Waals surface area contributed by atoms with E-state index in [4.69, 9.17) is 0 Å². The molecule has 0 saturated heterocycles. The molecule has 0 fully saturated rings. The molecule has 1 aliphatic carbocycles. The summed E-state index contributed by atoms with van der Waals surface area (Å²) < 4.78 is 3.85. The Hall–Kier alpha value is -2.55. The number of hydrogen-bond acceptors (Lipinski definition) is 1. The summed E-state index contributed by atoms with van der Waals surface area (Å²) in [4.78, 5) is 12.8. The van der Waals surface area contributed by atoms with Gasteiger partial charge in [-0.2, -0.15) is 0 Å². The van der Waals surface area contributed by atoms with Crippen molar-refractivity contribution in [2.45, 2.75) is 45.7 Å². The Morgan fingerprint density at radius 2 is 1.72 bits per heavy atom. The Balaban J connectivity index is 1.53. The Bertz CT molecular complexity index is 1000. The van der Waals surface area contributed by atoms with E-state index in [0.717, 1.165) is 36.8 Å². The van der Waals surface area contributed by atoms with E-state index in [1.807, 2.05) is 27.3 Å². The third kappa shape index (κ3) is 2.84. The Kier molecular flexibility index (Phi) is 4.08. The summed E-state index contributed by atoms with van der Waals surface area (Å²) in [7, 11) is 0. The molecule has 0 unspecified atom stereocenters. The third-order valence-electron chi connectivity index (χ3n) is 5.10. The molecule has 3 heteroatoms. The zero-order valence-electron chi connectivity index (χ0n) is 14.9. The van der Waals surface area contributed by atoms with Gasteiger partial charge in [-0.25, -0.2) is 4.79 Å². The smallest absolute Gasteiger partial charge is 0.292 e. The van der Waals surface area contributed by atoms with Gasteiger partial charge >= 0.3 is 5.69 Å². The minimum absolute atomic E-state index is 0.111. The topological polar surface area (TPSA) is 26.9 Å². The molecule has 2 aromatic carbocycles. The van der Waals surface area contributed by atoms with Gasteiger partial charge in [0.1, 0.15) is 0 Å². The maximum absolute atomic E-state index is 12.8. The van der Waals surface area contributed by atoms with Crippen LogP contribution in [0.5, 0.6) is 0 Å². The minimum Gasteiger partial charge on any atom is -0.292 e. The van der Waals surface area contributed by atoms with Gasteiger partial charge in [0.2, 0.25) is 0 Å². The summed E-state index contributed by atoms with van der Waals surface area (Å²) in [6, 6.07) is 16.9. The van der Waals surface area contributed by atoms with Crippen LogP contribution >= 0.6 is 0 Å². The Morgan fingerprint density at radius 3 is 2.48 bits per heavy atom. The zero-order chi connectivity index (χ0) is 17.4. The average molecular weight is 332 g/mol. The predicted octanol–water partition coefficient (Wildman–Crippen LogP) is 4.80. The first-order valence-corrected chi connectivity index (χ1v) is 9.12. The Labute approximate surface area is 148 Å². The number of aryl methyl sites for hydroxylation is 1. The molecule has 0 spiro atoms. The van der Waals surface area contributed by atoms with E-state index in [2.05, 4.69) is 50.3 Å². The molecule has 1 aliphatic rings. The lowest BCUT2D eigenvalue weighted by Crippen LogP contribution is -2.25. The van der Waals surface area contributed by atoms with E-state index >= 15 is 0 Å². The molecule has 3 nitrogen and oxygen atoms in total. The summed E-state index contributed by atoms with van der Waals surface area (Å²) in [5, 5.41) is 0. The van der Waals surface area contributed by atoms with E-state index in [1.165, 1.54) is 16.7 Å². The van der Waals surface area contributed by atoms with Crippen molar-refractivity contribution in [3.8, 4) is 0 Å². The molecule has 0 amide bonds. The fraction of sp³-hybridized carbons (Fsp3) is 0.318. The highest BCUT2D eigenvalue weighted by atomic mass is 16.1. The van der Waals surface area contributed by atoms with Crippen LogP contribution in [-0.2, 0) is 13.0 Å². The molecule has 0 atom stereocenters. The fourth-order valence-electron chi connectivity index (χ4n) is 3.92. The second kappa shape index (κ2) is 6.40. The molecule has 4 rings (SSSR count). The lowest BCUT2D eigenvalue weighted by atomic mass is 10.1. The summed E-state index contributed by atoms with van der Waals surface area (Å²) in [5.74, 6) is 0. The maximum Gasteiger partial charge on any atom is 0.329 e. The molecule has 0 bridgehead atoms. The highest BCUT2D eigenvalue weighted by Crippen LogP contribution is 2.27. The largest absolute Gasteiger partial charge is 0.329 e. The van der Waals surface area contributed by atoms with Crippen molar-refractivity contribution in [1.82, 2.24) is 9.13 Å². The molecular formula is C22H24N2O. The summed E-state index contributed by atoms with van der Waals surface area (Å²) in [6.45, 7) is 4.91. The van der Waals surface area contributed by atoms with Crippen molar-refractivity contribution in [2.75, 3.05) is 0 Å². The summed E-state index contributed by atoms with van der Waals surface area (Å²) in [5.41, 5.74) is 6.44. The number of para-hydroxylation sites is 2. The molecule has 25 heavy (non-hydrogen) atoms. The van der Waals surface area contributed by atoms with Gasteiger partial charge in [0.15, 0.2) is 0 Å². The van der Waals surface area contributed by atoms with Crippen molar-refractivity contribution in [1.29, 1.82) is 0 Å². The van der Waals surface area contributed by atoms with Gasteiger partial charge in [-0.1, -0.05) is 48.0 Å². The monoisotopic (exact) mass is 332 g/mol. The highest BCUT2D eigenvalue weighted by molar-refractivity contribution is 5.76. The van der Waals surface area contributed by atoms with Crippen LogP contribution in [0.15, 0.2) is 58.9 Å². The molecule has 1 aromatic heterocycles. The first-order valence-electron chi connectivity index (χ1n) is 9.12. The average Bonchev–Trinajstić information content (AvgIpc) is 3.13. The third-order valence-corrected chi connectivity index (χ3v) is 5.10. The number of benzene rings is 2. The van der Waals surface area contributed by atoms with Crippen LogP contribution in [0.4, 0.5) is 0 Å². The quantitative estimate of drug-likeness (QED) is 0.659. The molecule has 128 valence electrons. The lowest BCUT2D eigenvalue weighted by molar-refractivity contribution is 0.553. The molecule has 3 aromatic rings. The van der Waals surface area contributed by atoms with Crippen LogP contribution in [0.1, 0.15) is 43.9 Å². The second-order valence-electron chi connectivity index (χ2n) is 7.17. The van der Waals surface area contributed by atoms with Gasteiger partial charge in [-0.3, -0.25) is 9.13 Å². The van der Waals surface area contributed by atoms with E-state index in [-0.39, 0.29) is 11.7 Å². The zero-order valence-corrected chi connectivity index (χ0v) is 14.9. The first kappa shape index (κ1) is 15.9. The molecule has 0 radical (unpaired) electrons. The molecule has 0 N–H and O–H groups in total. The van der Waals surface area contributed by atoms with E-state index in [1.54, 1.807) is 0 Å². The molecular weight excluding hydrogens is 308 g/mol. The molecule has 0 aliphatic heterocycles. The Morgan fingerprint density at radius 1 is 1.00 bits per heavy atom. The van der Waals surface area contributed by atoms with Gasteiger partial charge in [0.05, 0.1) is 11.0 Å². The van der Waals surface area contributed by atoms with Crippen molar-refractivity contribution in [3.63, 3.8) is 0 Å². The number of hydrogen-bond donors (Lipinski definition) is 0. The van der Waals surface area contributed by atoms with E-state index in [9.17, 15) is 4.79 Å². The maximum atomic E-state index is 12.8. The number of imidazole rings is 1. The second-order valence-corrected chi connectivity index (χ2v) is 7.17. The number of aromatic nitrogens is 2. The van der Waals surface area contributed by atoms with Crippen LogP contribution in [0.25, 0.3) is 17.1 Å². The number of fused-ring (bicyclic) bond motifs is 2. The van der Waals surface area contributed by atoms with E-state index in [0.29, 0.717) is 0 Å². The number of rotatable bonds is 5. The lowest BCUT2D eigenvalue weighted by Gasteiger charge is -2.06. The van der Waals surface area contributed by atoms with Crippen LogP contribution < -0.4 is 5.69 Å². The molecule has 0 saturated carbocycles. The first-order chi connectivity index (χ1) is 12.1. The van der Waals surface area contributed by atoms with Gasteiger partial charge in [0, 0.05) is 12.6 Å². The van der Waals surface area contributed by atoms with E-state index < -0.39 is 0 Å². The van der Waals surface area contributed by atoms with Crippen LogP contribution in [0.2, 0.25) is 0 Å². The molecule has 1 heterocycles. The highest BCUT2D eigenvalue weighted by Gasteiger charge is 2.15. The van der Waals surface area contributed by atoms with Crippen LogP contribution in [0, 0.1) is 0 Å². The van der Waals surface area contributed by atoms with Gasteiger partial charge in [-0.05, 0) is 56.4 Å². The van der Waals surface area contributed by atoms with Crippen LogP contribution in [-0.4, -0.2) is 9.13 Å². The van der Waals surface area contributed by atoms with Gasteiger partial charge in [0.25, 0.3) is 0 Å². The van der Waals surface area contributed by atoms with Crippen molar-refractivity contribution in [3.05, 3.63) is 75.7 Å². The fourth-order valence-corrected chi connectivity index (χ4v) is 3.92. The van der Waals surface area contributed by atoms with Crippen molar-refractivity contribution in [2.24, 2.45) is 0 Å². The normalized spacial score (nSPS) is 13.5. The predicted molar refractivity (Wildman–Crippen MR) is 104 cm³/mol. The SMILES string of the molecule is CC(C)n1c(=O)n(CCCC2=Cc3ccccc3C2)c2ccccc21. The van der Waals surface area contributed by atoms with Gasteiger partial charge in [-0.15, -0.1) is 0 Å². The van der Waals surface area contributed by atoms with Crippen LogP contribution in [0.3, 0.4) is 0 Å². The van der Waals surface area contributed by atoms with Crippen molar-refractivity contribution < 1.29 is 0 Å². The standard InChI is InChI=1S/C22H24N2O/c1-16(2)24-21-12-6-5-11-20(21)23(22(24)25)13-7-8-17-14-18-9-3-4-10-19(18)15-17/h3-6,9-12,14,16H,7-8,13,15H2,1-2H3.